The third kappa shape index (κ3) is 31.4. The van der Waals surface area contributed by atoms with E-state index in [4.69, 9.17) is 23.3 Å². The number of thioether (sulfide) groups is 1. The standard InChI is InChI=1S/C91H115N23O21S/c1-7-17-60(78(92)123)104-87(132)70-45-136-46-74(118)103-69(34-50-18-9-8-10-19-50)89(134)114-31-16-25-71(114)88(133)110-68(39-76(121)122)86(131)112-77(49(4)5)90(135)113(6)44-73(117)102-62(32-48(2)3)81(126)108-66(37-54-42-95-47-100-54)84(129)105-61(24-15-30-96-91(93)94)80(125)106-63(33-51-26-28-55(115)29-27-51)82(127)107-64(35-52-40-97-58-22-13-11-20-56(52)58)79(124)99-43-72(116)101-65(36-53-41-98-59-23-14-12-21-57(53)59)83(128)109-67(38-75(119)120)85(130)111-70/h1,8-14,18-23,26-29,40-42,47-49,60-71,77,97-98,115H,15-17,24-25,30-39,43-46H2,2-6H3,(H2,92,123)(H,95,100)(H,99,124)(H,101,116)(H,102,117)(H,103,118)(H,104,132)(H,105,129)(H,106,125)(H,107,127)(H,108,126)(H,109,128)(H,110,133)(H,111,130)(H,112,131)(H,119,120)(H,121,122)(H4,93,94,96)/t60-,61-,62-,63-,64-,65-,66-,67-,68-,69-,70-,71-,77-/m0/s1. The van der Waals surface area contributed by atoms with Gasteiger partial charge in [0, 0.05) is 105 Å². The number of aliphatic carboxylic acids is 2. The minimum Gasteiger partial charge on any atom is -0.508 e. The number of hydrogen-bond donors (Lipinski definition) is 23. The van der Waals surface area contributed by atoms with Gasteiger partial charge in [0.15, 0.2) is 5.96 Å². The van der Waals surface area contributed by atoms with Crippen LogP contribution in [-0.4, -0.2) is 281 Å². The van der Waals surface area contributed by atoms with Crippen LogP contribution >= 0.6 is 11.8 Å². The Balaban J connectivity index is 1.09. The first-order valence-electron chi connectivity index (χ1n) is 44.0. The maximum atomic E-state index is 15.4. The van der Waals surface area contributed by atoms with Gasteiger partial charge >= 0.3 is 11.9 Å². The minimum atomic E-state index is -2.12. The molecule has 25 N–H and O–H groups in total. The summed E-state index contributed by atoms with van der Waals surface area (Å²) in [6.45, 7) is 4.62. The van der Waals surface area contributed by atoms with Crippen LogP contribution in [0, 0.1) is 29.6 Å². The van der Waals surface area contributed by atoms with Gasteiger partial charge in [0.05, 0.1) is 43.7 Å². The number of aromatic hydroxyl groups is 1. The van der Waals surface area contributed by atoms with Gasteiger partial charge in [0.2, 0.25) is 94.5 Å². The second-order valence-electron chi connectivity index (χ2n) is 33.8. The molecule has 0 aliphatic carbocycles. The zero-order chi connectivity index (χ0) is 99.0. The van der Waals surface area contributed by atoms with Crippen LogP contribution in [0.1, 0.15) is 107 Å². The second-order valence-corrected chi connectivity index (χ2v) is 34.8. The van der Waals surface area contributed by atoms with E-state index >= 15 is 28.8 Å². The first-order valence-corrected chi connectivity index (χ1v) is 45.1. The molecule has 13 atom stereocenters. The summed E-state index contributed by atoms with van der Waals surface area (Å²) < 4.78 is 0. The summed E-state index contributed by atoms with van der Waals surface area (Å²) in [6.07, 6.45) is 6.73. The Kier molecular flexibility index (Phi) is 38.7. The smallest absolute Gasteiger partial charge is 0.305 e. The number of guanidine groups is 1. The lowest BCUT2D eigenvalue weighted by Crippen LogP contribution is -2.60. The number of carbonyl (C=O) groups is 18. The summed E-state index contributed by atoms with van der Waals surface area (Å²) in [5.41, 5.74) is 14.3. The maximum Gasteiger partial charge on any atom is 0.305 e. The van der Waals surface area contributed by atoms with Gasteiger partial charge in [-0.05, 0) is 90.5 Å². The van der Waals surface area contributed by atoms with Gasteiger partial charge in [-0.3, -0.25) is 91.7 Å². The number of benzene rings is 4. The number of hydrogen-bond acceptors (Lipinski definition) is 22. The molecule has 0 spiro atoms. The molecule has 16 amide bonds. The molecule has 0 bridgehead atoms. The number of nitrogens with one attached hydrogen (secondary N) is 18. The molecule has 2 aliphatic heterocycles. The zero-order valence-corrected chi connectivity index (χ0v) is 76.2. The highest BCUT2D eigenvalue weighted by atomic mass is 32.2. The number of aromatic amines is 3. The number of H-pyrrole nitrogens is 3. The number of aromatic nitrogens is 4. The number of primary amides is 1. The van der Waals surface area contributed by atoms with Crippen molar-refractivity contribution >= 4 is 146 Å². The number of phenols is 1. The lowest BCUT2D eigenvalue weighted by molar-refractivity contribution is -0.144. The highest BCUT2D eigenvalue weighted by Crippen LogP contribution is 2.25. The van der Waals surface area contributed by atoms with Crippen molar-refractivity contribution in [2.45, 2.75) is 190 Å². The van der Waals surface area contributed by atoms with Crippen molar-refractivity contribution in [1.29, 1.82) is 5.41 Å². The monoisotopic (exact) mass is 1900 g/mol. The number of likely N-dealkylation sites (N-methyl/N-ethyl adjacent to an activating group) is 1. The van der Waals surface area contributed by atoms with Gasteiger partial charge in [-0.25, -0.2) is 4.98 Å². The van der Waals surface area contributed by atoms with E-state index in [2.05, 4.69) is 100 Å². The highest BCUT2D eigenvalue weighted by molar-refractivity contribution is 8.00. The van der Waals surface area contributed by atoms with Crippen molar-refractivity contribution in [3.63, 3.8) is 0 Å². The average molecular weight is 1900 g/mol. The molecule has 5 heterocycles. The molecule has 2 fully saturated rings. The van der Waals surface area contributed by atoms with Crippen molar-refractivity contribution in [2.24, 2.45) is 23.3 Å². The third-order valence-corrected chi connectivity index (χ3v) is 23.4. The van der Waals surface area contributed by atoms with Gasteiger partial charge in [-0.1, -0.05) is 107 Å². The SMILES string of the molecule is C#CC[C@H](NC(=O)[C@@H]1CSCC(=O)N[C@@H](Cc2ccccc2)C(=O)N2CCC[C@H]2C(=O)N[C@@H](CC(=O)O)C(=O)N[C@@H](C(C)C)C(=O)N(C)CC(=O)N[C@@H](CC(C)C)C(=O)N[C@@H](Cc2c[nH]cn2)C(=O)N[C@@H](CCCNC(=N)N)C(=O)N[C@@H](Cc2ccc(O)cc2)C(=O)N[C@@H](Cc2c[nH]c3ccccc23)C(=O)NCC(=O)N[C@@H](Cc2c[nH]c3ccccc23)C(=O)N[C@@H](CC(=O)O)C(=O)N1)C(N)=O. The van der Waals surface area contributed by atoms with E-state index in [1.807, 2.05) is 0 Å². The highest BCUT2D eigenvalue weighted by Gasteiger charge is 2.43. The molecule has 45 heteroatoms. The van der Waals surface area contributed by atoms with E-state index < -0.39 is 247 Å². The van der Waals surface area contributed by atoms with Crippen LogP contribution in [0.4, 0.5) is 0 Å². The van der Waals surface area contributed by atoms with E-state index in [0.717, 1.165) is 9.80 Å². The first kappa shape index (κ1) is 104. The number of nitrogens with zero attached hydrogens (tertiary/aromatic N) is 3. The van der Waals surface area contributed by atoms with Crippen LogP contribution in [0.15, 0.2) is 128 Å². The van der Waals surface area contributed by atoms with Crippen LogP contribution < -0.4 is 85.9 Å². The average Bonchev–Trinajstić information content (AvgIpc) is 1.47. The zero-order valence-electron chi connectivity index (χ0n) is 75.4. The number of carboxylic acid groups (broad SMARTS) is 2. The Morgan fingerprint density at radius 2 is 1.07 bits per heavy atom. The minimum absolute atomic E-state index is 0.00408. The summed E-state index contributed by atoms with van der Waals surface area (Å²) >= 11 is 0.669. The number of carboxylic acids is 2. The van der Waals surface area contributed by atoms with Gasteiger partial charge in [-0.2, -0.15) is 0 Å². The molecule has 4 aromatic carbocycles. The summed E-state index contributed by atoms with van der Waals surface area (Å²) in [7, 11) is 1.21. The first-order chi connectivity index (χ1) is 64.8. The topological polar surface area (TPSA) is 679 Å². The van der Waals surface area contributed by atoms with Crippen molar-refractivity contribution in [3.05, 3.63) is 156 Å². The Morgan fingerprint density at radius 1 is 0.566 bits per heavy atom. The molecule has 2 aliphatic rings. The van der Waals surface area contributed by atoms with Crippen LogP contribution in [0.3, 0.4) is 0 Å². The van der Waals surface area contributed by atoms with E-state index in [9.17, 15) is 72.9 Å². The molecular weight excluding hydrogens is 1780 g/mol. The van der Waals surface area contributed by atoms with Gasteiger partial charge in [0.25, 0.3) is 0 Å². The number of nitrogens with two attached hydrogens (primary N) is 2. The van der Waals surface area contributed by atoms with Gasteiger partial charge in [-0.15, -0.1) is 24.1 Å². The number of phenolic OH excluding ortho intramolecular Hbond substituents is 1. The van der Waals surface area contributed by atoms with E-state index in [0.29, 0.717) is 55.8 Å². The van der Waals surface area contributed by atoms with Crippen LogP contribution in [0.25, 0.3) is 21.8 Å². The molecule has 726 valence electrons. The van der Waals surface area contributed by atoms with Crippen molar-refractivity contribution < 1.29 is 102 Å². The number of imidazole rings is 1. The number of fused-ring (bicyclic) bond motifs is 3. The van der Waals surface area contributed by atoms with Crippen molar-refractivity contribution in [1.82, 2.24) is 104 Å². The summed E-state index contributed by atoms with van der Waals surface area (Å²) in [5.74, 6) is -20.7. The Hall–Kier alpha value is -15.4. The largest absolute Gasteiger partial charge is 0.508 e. The van der Waals surface area contributed by atoms with E-state index in [-0.39, 0.29) is 88.2 Å². The van der Waals surface area contributed by atoms with Crippen LogP contribution in [0.2, 0.25) is 0 Å². The molecule has 0 saturated carbocycles. The fourth-order valence-electron chi connectivity index (χ4n) is 15.5. The predicted molar refractivity (Wildman–Crippen MR) is 495 cm³/mol. The van der Waals surface area contributed by atoms with Crippen molar-refractivity contribution in [3.8, 4) is 18.1 Å². The maximum absolute atomic E-state index is 15.4. The Labute approximate surface area is 785 Å². The van der Waals surface area contributed by atoms with Crippen molar-refractivity contribution in [2.75, 3.05) is 44.7 Å². The molecule has 136 heavy (non-hydrogen) atoms. The quantitative estimate of drug-likeness (QED) is 0.0118. The van der Waals surface area contributed by atoms with Crippen LogP contribution in [0.5, 0.6) is 5.75 Å². The van der Waals surface area contributed by atoms with Gasteiger partial charge in [0.1, 0.15) is 84.3 Å². The number of amides is 16. The molecule has 0 unspecified atom stereocenters. The number of rotatable bonds is 25. The summed E-state index contributed by atoms with van der Waals surface area (Å²) in [6, 6.07) is 5.82. The fraction of sp³-hybridized carbons (Fsp3) is 0.429. The molecule has 0 radical (unpaired) electrons. The van der Waals surface area contributed by atoms with Crippen LogP contribution in [-0.2, 0) is 118 Å². The fourth-order valence-corrected chi connectivity index (χ4v) is 16.3. The van der Waals surface area contributed by atoms with E-state index in [1.165, 1.54) is 63.9 Å². The predicted octanol–water partition coefficient (Wildman–Crippen LogP) is -2.86. The number of carbonyl (C=O) groups excluding carboxylic acids is 16. The molecule has 3 aromatic heterocycles. The Morgan fingerprint density at radius 3 is 1.64 bits per heavy atom. The number of terminal acetylenes is 1. The second kappa shape index (κ2) is 50.5. The normalized spacial score (nSPS) is 22.5. The lowest BCUT2D eigenvalue weighted by Gasteiger charge is -2.31. The molecule has 44 nitrogen and oxygen atoms in total. The van der Waals surface area contributed by atoms with E-state index in [1.54, 1.807) is 98.9 Å². The molecular formula is C91H115N23O21S. The van der Waals surface area contributed by atoms with Gasteiger partial charge < -0.3 is 126 Å². The summed E-state index contributed by atoms with van der Waals surface area (Å²) in [4.78, 5) is 275. The molecule has 2 saturated heterocycles. The third-order valence-electron chi connectivity index (χ3n) is 22.4. The summed E-state index contributed by atoms with van der Waals surface area (Å²) in [5, 5.41) is 75.8. The Bertz CT molecular complexity index is 5530. The number of para-hydroxylation sites is 2. The molecule has 7 aromatic rings. The molecule has 9 rings (SSSR count). The lowest BCUT2D eigenvalue weighted by atomic mass is 10.0.